The Morgan fingerprint density at radius 1 is 1.62 bits per heavy atom. The SMILES string of the molecule is CCCC1CNCCN1S(N)(=O)=O. The van der Waals surface area contributed by atoms with Gasteiger partial charge in [-0.3, -0.25) is 0 Å². The molecule has 1 unspecified atom stereocenters. The molecule has 0 bridgehead atoms. The third-order valence-electron chi connectivity index (χ3n) is 2.24. The molecule has 1 heterocycles. The molecule has 13 heavy (non-hydrogen) atoms. The predicted molar refractivity (Wildman–Crippen MR) is 51.4 cm³/mol. The number of nitrogens with one attached hydrogen (secondary N) is 1. The molecule has 1 aliphatic rings. The highest BCUT2D eigenvalue weighted by Gasteiger charge is 2.28. The molecule has 0 aromatic heterocycles. The molecular formula is C7H17N3O2S. The molecule has 78 valence electrons. The minimum Gasteiger partial charge on any atom is -0.314 e. The average Bonchev–Trinajstić information content (AvgIpc) is 2.04. The van der Waals surface area contributed by atoms with Gasteiger partial charge in [-0.25, -0.2) is 5.14 Å². The highest BCUT2D eigenvalue weighted by Crippen LogP contribution is 2.11. The molecule has 0 radical (unpaired) electrons. The first-order valence-electron chi connectivity index (χ1n) is 4.56. The maximum absolute atomic E-state index is 11.1. The van der Waals surface area contributed by atoms with Crippen molar-refractivity contribution in [3.05, 3.63) is 0 Å². The van der Waals surface area contributed by atoms with Gasteiger partial charge in [0.2, 0.25) is 0 Å². The van der Waals surface area contributed by atoms with Crippen LogP contribution in [0.4, 0.5) is 0 Å². The maximum Gasteiger partial charge on any atom is 0.277 e. The summed E-state index contributed by atoms with van der Waals surface area (Å²) in [5, 5.41) is 8.26. The van der Waals surface area contributed by atoms with Gasteiger partial charge in [0.1, 0.15) is 0 Å². The van der Waals surface area contributed by atoms with Crippen molar-refractivity contribution in [2.75, 3.05) is 19.6 Å². The lowest BCUT2D eigenvalue weighted by atomic mass is 10.1. The third-order valence-corrected chi connectivity index (χ3v) is 3.38. The summed E-state index contributed by atoms with van der Waals surface area (Å²) < 4.78 is 23.7. The van der Waals surface area contributed by atoms with Crippen molar-refractivity contribution in [3.63, 3.8) is 0 Å². The van der Waals surface area contributed by atoms with Crippen LogP contribution >= 0.6 is 0 Å². The molecule has 1 aliphatic heterocycles. The van der Waals surface area contributed by atoms with E-state index < -0.39 is 10.2 Å². The van der Waals surface area contributed by atoms with Crippen molar-refractivity contribution in [1.82, 2.24) is 9.62 Å². The van der Waals surface area contributed by atoms with Gasteiger partial charge in [0.15, 0.2) is 0 Å². The summed E-state index contributed by atoms with van der Waals surface area (Å²) in [5.74, 6) is 0. The van der Waals surface area contributed by atoms with Crippen LogP contribution in [0.15, 0.2) is 0 Å². The minimum absolute atomic E-state index is 0.0359. The largest absolute Gasteiger partial charge is 0.314 e. The summed E-state index contributed by atoms with van der Waals surface area (Å²) in [4.78, 5) is 0. The number of nitrogens with zero attached hydrogens (tertiary/aromatic N) is 1. The van der Waals surface area contributed by atoms with Crippen LogP contribution in [0.5, 0.6) is 0 Å². The van der Waals surface area contributed by atoms with Gasteiger partial charge in [0, 0.05) is 25.7 Å². The zero-order valence-corrected chi connectivity index (χ0v) is 8.68. The number of nitrogens with two attached hydrogens (primary N) is 1. The van der Waals surface area contributed by atoms with Gasteiger partial charge in [-0.1, -0.05) is 13.3 Å². The lowest BCUT2D eigenvalue weighted by Crippen LogP contribution is -2.55. The number of rotatable bonds is 3. The fraction of sp³-hybridized carbons (Fsp3) is 1.00. The molecule has 0 aromatic carbocycles. The second-order valence-corrected chi connectivity index (χ2v) is 4.80. The van der Waals surface area contributed by atoms with Crippen LogP contribution < -0.4 is 10.5 Å². The Morgan fingerprint density at radius 2 is 2.31 bits per heavy atom. The van der Waals surface area contributed by atoms with E-state index in [1.54, 1.807) is 0 Å². The van der Waals surface area contributed by atoms with E-state index >= 15 is 0 Å². The molecule has 0 saturated carbocycles. The average molecular weight is 207 g/mol. The van der Waals surface area contributed by atoms with Crippen molar-refractivity contribution in [1.29, 1.82) is 0 Å². The molecule has 1 fully saturated rings. The number of hydrogen-bond donors (Lipinski definition) is 2. The fourth-order valence-corrected chi connectivity index (χ4v) is 2.60. The van der Waals surface area contributed by atoms with E-state index in [2.05, 4.69) is 5.32 Å². The Labute approximate surface area is 79.5 Å². The van der Waals surface area contributed by atoms with E-state index in [1.165, 1.54) is 4.31 Å². The highest BCUT2D eigenvalue weighted by molar-refractivity contribution is 7.86. The van der Waals surface area contributed by atoms with Gasteiger partial charge >= 0.3 is 0 Å². The van der Waals surface area contributed by atoms with Crippen LogP contribution in [-0.4, -0.2) is 38.4 Å². The molecule has 0 spiro atoms. The van der Waals surface area contributed by atoms with Crippen LogP contribution in [0.1, 0.15) is 19.8 Å². The van der Waals surface area contributed by atoms with Gasteiger partial charge < -0.3 is 5.32 Å². The monoisotopic (exact) mass is 207 g/mol. The van der Waals surface area contributed by atoms with Crippen molar-refractivity contribution in [2.24, 2.45) is 5.14 Å². The van der Waals surface area contributed by atoms with Gasteiger partial charge in [-0.2, -0.15) is 12.7 Å². The number of piperazine rings is 1. The smallest absolute Gasteiger partial charge is 0.277 e. The van der Waals surface area contributed by atoms with Crippen LogP contribution in [0.3, 0.4) is 0 Å². The van der Waals surface area contributed by atoms with Crippen LogP contribution in [0.2, 0.25) is 0 Å². The van der Waals surface area contributed by atoms with Crippen molar-refractivity contribution in [3.8, 4) is 0 Å². The molecule has 1 saturated heterocycles. The van der Waals surface area contributed by atoms with E-state index in [-0.39, 0.29) is 6.04 Å². The molecule has 0 aliphatic carbocycles. The van der Waals surface area contributed by atoms with E-state index in [4.69, 9.17) is 5.14 Å². The Kier molecular flexibility index (Phi) is 3.66. The lowest BCUT2D eigenvalue weighted by molar-refractivity contribution is 0.254. The Morgan fingerprint density at radius 3 is 2.85 bits per heavy atom. The summed E-state index contributed by atoms with van der Waals surface area (Å²) in [6, 6.07) is 0.0359. The standard InChI is InChI=1S/C7H17N3O2S/c1-2-3-7-6-9-4-5-10(7)13(8,11)12/h7,9H,2-6H2,1H3,(H2,8,11,12). The van der Waals surface area contributed by atoms with Crippen molar-refractivity contribution in [2.45, 2.75) is 25.8 Å². The van der Waals surface area contributed by atoms with Crippen LogP contribution in [-0.2, 0) is 10.2 Å². The van der Waals surface area contributed by atoms with Gasteiger partial charge in [0.05, 0.1) is 0 Å². The topological polar surface area (TPSA) is 75.4 Å². The molecule has 1 rings (SSSR count). The van der Waals surface area contributed by atoms with E-state index in [1.807, 2.05) is 6.92 Å². The molecule has 0 amide bonds. The molecule has 1 atom stereocenters. The zero-order chi connectivity index (χ0) is 9.90. The first-order chi connectivity index (χ1) is 6.05. The summed E-state index contributed by atoms with van der Waals surface area (Å²) in [6.07, 6.45) is 1.84. The van der Waals surface area contributed by atoms with Crippen LogP contribution in [0.25, 0.3) is 0 Å². The molecule has 5 nitrogen and oxygen atoms in total. The minimum atomic E-state index is -3.50. The van der Waals surface area contributed by atoms with Gasteiger partial charge in [-0.05, 0) is 6.42 Å². The molecule has 6 heteroatoms. The molecular weight excluding hydrogens is 190 g/mol. The van der Waals surface area contributed by atoms with E-state index in [0.29, 0.717) is 19.6 Å². The highest BCUT2D eigenvalue weighted by atomic mass is 32.2. The van der Waals surface area contributed by atoms with Crippen LogP contribution in [0, 0.1) is 0 Å². The van der Waals surface area contributed by atoms with Gasteiger partial charge in [-0.15, -0.1) is 0 Å². The fourth-order valence-electron chi connectivity index (χ4n) is 1.66. The Bertz CT molecular complexity index is 250. The summed E-state index contributed by atoms with van der Waals surface area (Å²) in [5.41, 5.74) is 0. The second-order valence-electron chi connectivity index (χ2n) is 3.30. The first kappa shape index (κ1) is 10.9. The van der Waals surface area contributed by atoms with E-state index in [0.717, 1.165) is 12.8 Å². The Hall–Kier alpha value is -0.170. The zero-order valence-electron chi connectivity index (χ0n) is 7.86. The Balaban J connectivity index is 2.67. The first-order valence-corrected chi connectivity index (χ1v) is 6.06. The summed E-state index contributed by atoms with van der Waals surface area (Å²) in [6.45, 7) is 3.93. The summed E-state index contributed by atoms with van der Waals surface area (Å²) >= 11 is 0. The molecule has 0 aromatic rings. The van der Waals surface area contributed by atoms with Crippen molar-refractivity contribution < 1.29 is 8.42 Å². The van der Waals surface area contributed by atoms with Gasteiger partial charge in [0.25, 0.3) is 10.2 Å². The second kappa shape index (κ2) is 4.36. The van der Waals surface area contributed by atoms with E-state index in [9.17, 15) is 8.42 Å². The lowest BCUT2D eigenvalue weighted by Gasteiger charge is -2.33. The number of hydrogen-bond acceptors (Lipinski definition) is 3. The molecule has 3 N–H and O–H groups in total. The van der Waals surface area contributed by atoms with Crippen molar-refractivity contribution >= 4 is 10.2 Å². The predicted octanol–water partition coefficient (Wildman–Crippen LogP) is -0.736. The quantitative estimate of drug-likeness (QED) is 0.640. The third kappa shape index (κ3) is 2.91. The maximum atomic E-state index is 11.1. The normalized spacial score (nSPS) is 26.2. The summed E-state index contributed by atoms with van der Waals surface area (Å²) in [7, 11) is -3.50.